The molecule has 0 aliphatic carbocycles. The third-order valence-corrected chi connectivity index (χ3v) is 5.55. The second-order valence-corrected chi connectivity index (χ2v) is 7.53. The quantitative estimate of drug-likeness (QED) is 0.461. The number of aryl methyl sites for hydroxylation is 1. The fourth-order valence-corrected chi connectivity index (χ4v) is 3.87. The smallest absolute Gasteiger partial charge is 0.234 e. The second-order valence-electron chi connectivity index (χ2n) is 6.59. The number of rotatable bonds is 7. The van der Waals surface area contributed by atoms with Crippen molar-refractivity contribution >= 4 is 23.4 Å². The molecule has 0 saturated heterocycles. The van der Waals surface area contributed by atoms with E-state index in [4.69, 9.17) is 0 Å². The Bertz CT molecular complexity index is 1140. The van der Waals surface area contributed by atoms with Gasteiger partial charge in [-0.05, 0) is 43.7 Å². The topological polar surface area (TPSA) is 90.5 Å². The molecule has 2 aromatic carbocycles. The molecule has 0 spiro atoms. The van der Waals surface area contributed by atoms with Crippen molar-refractivity contribution in [1.29, 1.82) is 0 Å². The Morgan fingerprint density at radius 3 is 2.60 bits per heavy atom. The minimum absolute atomic E-state index is 0.100. The van der Waals surface area contributed by atoms with Crippen molar-refractivity contribution in [3.8, 4) is 17.1 Å². The Kier molecular flexibility index (Phi) is 5.89. The maximum atomic E-state index is 12.4. The molecule has 8 nitrogen and oxygen atoms in total. The highest BCUT2D eigenvalue weighted by molar-refractivity contribution is 7.99. The zero-order valence-corrected chi connectivity index (χ0v) is 17.5. The molecule has 152 valence electrons. The Balaban J connectivity index is 1.40. The summed E-state index contributed by atoms with van der Waals surface area (Å²) in [5, 5.41) is 16.4. The van der Waals surface area contributed by atoms with Crippen LogP contribution in [-0.2, 0) is 11.3 Å². The lowest BCUT2D eigenvalue weighted by molar-refractivity contribution is -0.113. The second kappa shape index (κ2) is 8.91. The van der Waals surface area contributed by atoms with Gasteiger partial charge in [-0.1, -0.05) is 36.0 Å². The molecule has 1 N–H and O–H groups in total. The van der Waals surface area contributed by atoms with Crippen molar-refractivity contribution in [1.82, 2.24) is 29.5 Å². The van der Waals surface area contributed by atoms with Gasteiger partial charge in [0, 0.05) is 17.8 Å². The van der Waals surface area contributed by atoms with Gasteiger partial charge in [0.15, 0.2) is 11.0 Å². The van der Waals surface area contributed by atoms with Gasteiger partial charge in [-0.15, -0.1) is 10.2 Å². The van der Waals surface area contributed by atoms with Crippen molar-refractivity contribution in [2.45, 2.75) is 25.5 Å². The first-order chi connectivity index (χ1) is 14.7. The number of aromatic nitrogens is 6. The lowest BCUT2D eigenvalue weighted by Crippen LogP contribution is -2.14. The molecule has 0 aliphatic rings. The summed E-state index contributed by atoms with van der Waals surface area (Å²) < 4.78 is 3.69. The van der Waals surface area contributed by atoms with Gasteiger partial charge in [0.05, 0.1) is 11.4 Å². The van der Waals surface area contributed by atoms with Crippen LogP contribution in [0.15, 0.2) is 66.3 Å². The number of hydrogen-bond donors (Lipinski definition) is 1. The third kappa shape index (κ3) is 4.25. The standard InChI is InChI=1S/C21H21N7OS/c1-3-27-20(18-7-5-4-6-15(18)2)25-26-21(27)30-12-19(29)24-16-8-10-17(11-9-16)28-14-22-13-23-28/h4-11,13-14H,3,12H2,1-2H3,(H,24,29). The molecule has 0 aliphatic heterocycles. The van der Waals surface area contributed by atoms with Gasteiger partial charge >= 0.3 is 0 Å². The number of nitrogens with one attached hydrogen (secondary N) is 1. The normalized spacial score (nSPS) is 10.9. The molecule has 0 bridgehead atoms. The highest BCUT2D eigenvalue weighted by Gasteiger charge is 2.15. The van der Waals surface area contributed by atoms with E-state index in [1.54, 1.807) is 11.0 Å². The first-order valence-electron chi connectivity index (χ1n) is 9.52. The van der Waals surface area contributed by atoms with E-state index >= 15 is 0 Å². The van der Waals surface area contributed by atoms with Crippen LogP contribution in [0.2, 0.25) is 0 Å². The Morgan fingerprint density at radius 1 is 1.10 bits per heavy atom. The average Bonchev–Trinajstić information content (AvgIpc) is 3.43. The van der Waals surface area contributed by atoms with Crippen molar-refractivity contribution < 1.29 is 4.79 Å². The van der Waals surface area contributed by atoms with E-state index in [2.05, 4.69) is 38.6 Å². The van der Waals surface area contributed by atoms with Gasteiger partial charge in [0.25, 0.3) is 0 Å². The lowest BCUT2D eigenvalue weighted by atomic mass is 10.1. The molecule has 2 heterocycles. The Morgan fingerprint density at radius 2 is 1.90 bits per heavy atom. The molecule has 9 heteroatoms. The fourth-order valence-electron chi connectivity index (χ4n) is 3.07. The van der Waals surface area contributed by atoms with E-state index in [1.165, 1.54) is 18.1 Å². The SMILES string of the molecule is CCn1c(SCC(=O)Nc2ccc(-n3cncn3)cc2)nnc1-c1ccccc1C. The maximum absolute atomic E-state index is 12.4. The number of nitrogens with zero attached hydrogens (tertiary/aromatic N) is 6. The van der Waals surface area contributed by atoms with E-state index in [0.29, 0.717) is 0 Å². The molecular formula is C21H21N7OS. The number of carbonyl (C=O) groups excluding carboxylic acids is 1. The summed E-state index contributed by atoms with van der Waals surface area (Å²) in [5.41, 5.74) is 3.79. The molecule has 0 unspecified atom stereocenters. The Hall–Kier alpha value is -3.46. The van der Waals surface area contributed by atoms with Gasteiger partial charge in [-0.25, -0.2) is 9.67 Å². The molecule has 0 radical (unpaired) electrons. The highest BCUT2D eigenvalue weighted by atomic mass is 32.2. The average molecular weight is 420 g/mol. The first kappa shape index (κ1) is 19.8. The van der Waals surface area contributed by atoms with Gasteiger partial charge in [-0.2, -0.15) is 5.10 Å². The van der Waals surface area contributed by atoms with Crippen LogP contribution in [-0.4, -0.2) is 41.2 Å². The van der Waals surface area contributed by atoms with E-state index in [1.807, 2.05) is 54.0 Å². The molecule has 1 amide bonds. The lowest BCUT2D eigenvalue weighted by Gasteiger charge is -2.09. The zero-order chi connectivity index (χ0) is 20.9. The fraction of sp³-hybridized carbons (Fsp3) is 0.190. The molecule has 2 aromatic heterocycles. The number of carbonyl (C=O) groups is 1. The number of hydrogen-bond acceptors (Lipinski definition) is 6. The zero-order valence-electron chi connectivity index (χ0n) is 16.7. The van der Waals surface area contributed by atoms with Crippen LogP contribution >= 0.6 is 11.8 Å². The summed E-state index contributed by atoms with van der Waals surface area (Å²) in [4.78, 5) is 16.3. The van der Waals surface area contributed by atoms with Crippen molar-refractivity contribution in [2.24, 2.45) is 0 Å². The van der Waals surface area contributed by atoms with Crippen LogP contribution in [0.4, 0.5) is 5.69 Å². The van der Waals surface area contributed by atoms with Crippen LogP contribution < -0.4 is 5.32 Å². The highest BCUT2D eigenvalue weighted by Crippen LogP contribution is 2.26. The van der Waals surface area contributed by atoms with Crippen LogP contribution in [0.3, 0.4) is 0 Å². The van der Waals surface area contributed by atoms with Crippen molar-refractivity contribution in [3.63, 3.8) is 0 Å². The predicted molar refractivity (Wildman–Crippen MR) is 117 cm³/mol. The molecule has 0 fully saturated rings. The number of benzene rings is 2. The summed E-state index contributed by atoms with van der Waals surface area (Å²) in [5.74, 6) is 0.968. The van der Waals surface area contributed by atoms with Gasteiger partial charge in [-0.3, -0.25) is 4.79 Å². The van der Waals surface area contributed by atoms with E-state index in [9.17, 15) is 4.79 Å². The summed E-state index contributed by atoms with van der Waals surface area (Å²) in [7, 11) is 0. The van der Waals surface area contributed by atoms with Gasteiger partial charge in [0.2, 0.25) is 5.91 Å². The summed E-state index contributed by atoms with van der Waals surface area (Å²) in [6.07, 6.45) is 3.10. The van der Waals surface area contributed by atoms with Gasteiger partial charge < -0.3 is 9.88 Å². The Labute approximate surface area is 178 Å². The van der Waals surface area contributed by atoms with E-state index < -0.39 is 0 Å². The van der Waals surface area contributed by atoms with E-state index in [-0.39, 0.29) is 11.7 Å². The van der Waals surface area contributed by atoms with Crippen LogP contribution in [0.25, 0.3) is 17.1 Å². The monoisotopic (exact) mass is 419 g/mol. The molecule has 4 rings (SSSR count). The number of amides is 1. The van der Waals surface area contributed by atoms with Crippen molar-refractivity contribution in [2.75, 3.05) is 11.1 Å². The number of anilines is 1. The summed E-state index contributed by atoms with van der Waals surface area (Å²) >= 11 is 1.38. The summed E-state index contributed by atoms with van der Waals surface area (Å²) in [6, 6.07) is 15.5. The molecule has 4 aromatic rings. The minimum Gasteiger partial charge on any atom is -0.325 e. The minimum atomic E-state index is -0.100. The number of thioether (sulfide) groups is 1. The molecule has 30 heavy (non-hydrogen) atoms. The predicted octanol–water partition coefficient (Wildman–Crippen LogP) is 3.58. The van der Waals surface area contributed by atoms with Crippen LogP contribution in [0.5, 0.6) is 0 Å². The molecule has 0 atom stereocenters. The van der Waals surface area contributed by atoms with Crippen LogP contribution in [0.1, 0.15) is 12.5 Å². The van der Waals surface area contributed by atoms with E-state index in [0.717, 1.165) is 40.0 Å². The first-order valence-corrected chi connectivity index (χ1v) is 10.5. The van der Waals surface area contributed by atoms with Crippen molar-refractivity contribution in [3.05, 3.63) is 66.7 Å². The molecular weight excluding hydrogens is 398 g/mol. The van der Waals surface area contributed by atoms with Gasteiger partial charge in [0.1, 0.15) is 12.7 Å². The maximum Gasteiger partial charge on any atom is 0.234 e. The largest absolute Gasteiger partial charge is 0.325 e. The van der Waals surface area contributed by atoms with Crippen LogP contribution in [0, 0.1) is 6.92 Å². The summed E-state index contributed by atoms with van der Waals surface area (Å²) in [6.45, 7) is 4.83. The third-order valence-electron chi connectivity index (χ3n) is 4.59. The molecule has 0 saturated carbocycles.